The molecule has 38 heavy (non-hydrogen) atoms. The first kappa shape index (κ1) is 34.2. The monoisotopic (exact) mass is 582 g/mol. The van der Waals surface area contributed by atoms with E-state index in [1.807, 2.05) is 45.0 Å². The first-order valence-corrected chi connectivity index (χ1v) is 15.9. The molecule has 2 heterocycles. The predicted octanol–water partition coefficient (Wildman–Crippen LogP) is 9.44. The number of carboxylic acid groups (broad SMARTS) is 1. The zero-order valence-electron chi connectivity index (χ0n) is 23.3. The van der Waals surface area contributed by atoms with E-state index in [-0.39, 0.29) is 5.82 Å². The van der Waals surface area contributed by atoms with Crippen LogP contribution < -0.4 is 5.30 Å². The lowest BCUT2D eigenvalue weighted by molar-refractivity contribution is 0.0653. The Morgan fingerprint density at radius 1 is 1.11 bits per heavy atom. The Hall–Kier alpha value is -1.82. The summed E-state index contributed by atoms with van der Waals surface area (Å²) >= 11 is 6.96. The van der Waals surface area contributed by atoms with Crippen LogP contribution in [0.4, 0.5) is 4.39 Å². The van der Waals surface area contributed by atoms with Crippen molar-refractivity contribution in [2.45, 2.75) is 53.9 Å². The van der Waals surface area contributed by atoms with Crippen LogP contribution in [0.2, 0.25) is 5.02 Å². The van der Waals surface area contributed by atoms with Crippen molar-refractivity contribution >= 4 is 42.4 Å². The summed E-state index contributed by atoms with van der Waals surface area (Å²) < 4.78 is 23.4. The number of aryl methyl sites for hydroxylation is 1. The second-order valence-corrected chi connectivity index (χ2v) is 11.5. The van der Waals surface area contributed by atoms with Crippen molar-refractivity contribution in [3.63, 3.8) is 0 Å². The van der Waals surface area contributed by atoms with E-state index in [9.17, 15) is 9.18 Å². The molecule has 2 aromatic carbocycles. The maximum absolute atomic E-state index is 12.7. The number of rotatable bonds is 6. The van der Waals surface area contributed by atoms with Crippen molar-refractivity contribution < 1.29 is 23.6 Å². The van der Waals surface area contributed by atoms with E-state index in [0.29, 0.717) is 4.88 Å². The maximum atomic E-state index is 12.7. The van der Waals surface area contributed by atoms with Crippen LogP contribution in [-0.2, 0) is 9.26 Å². The third kappa shape index (κ3) is 12.4. The fourth-order valence-electron chi connectivity index (χ4n) is 3.52. The molecule has 0 radical (unpaired) electrons. The van der Waals surface area contributed by atoms with Gasteiger partial charge in [-0.3, -0.25) is 0 Å². The first-order chi connectivity index (χ1) is 18.2. The molecule has 0 amide bonds. The third-order valence-corrected chi connectivity index (χ3v) is 8.87. The van der Waals surface area contributed by atoms with E-state index in [0.717, 1.165) is 46.8 Å². The van der Waals surface area contributed by atoms with Gasteiger partial charge in [0, 0.05) is 35.0 Å². The highest BCUT2D eigenvalue weighted by molar-refractivity contribution is 7.60. The molecule has 1 unspecified atom stereocenters. The Morgan fingerprint density at radius 3 is 2.13 bits per heavy atom. The van der Waals surface area contributed by atoms with E-state index < -0.39 is 14.1 Å². The lowest BCUT2D eigenvalue weighted by atomic mass is 9.98. The van der Waals surface area contributed by atoms with Crippen LogP contribution in [0.3, 0.4) is 0 Å². The highest BCUT2D eigenvalue weighted by atomic mass is 35.5. The van der Waals surface area contributed by atoms with Gasteiger partial charge in [-0.05, 0) is 80.7 Å². The average Bonchev–Trinajstić information content (AvgIpc) is 3.34. The van der Waals surface area contributed by atoms with Gasteiger partial charge in [0.05, 0.1) is 8.15 Å². The molecule has 1 saturated heterocycles. The molecular weight excluding hydrogens is 542 g/mol. The summed E-state index contributed by atoms with van der Waals surface area (Å²) in [6, 6.07) is 15.7. The summed E-state index contributed by atoms with van der Waals surface area (Å²) in [5, 5.41) is 10.9. The van der Waals surface area contributed by atoms with Gasteiger partial charge in [-0.25, -0.2) is 9.18 Å². The first-order valence-electron chi connectivity index (χ1n) is 13.0. The van der Waals surface area contributed by atoms with Crippen molar-refractivity contribution in [2.75, 3.05) is 26.5 Å². The summed E-state index contributed by atoms with van der Waals surface area (Å²) in [6.07, 6.45) is 3.91. The van der Waals surface area contributed by atoms with Crippen LogP contribution in [0.1, 0.15) is 62.2 Å². The van der Waals surface area contributed by atoms with E-state index in [1.54, 1.807) is 25.1 Å². The molecule has 0 saturated carbocycles. The number of benzene rings is 2. The smallest absolute Gasteiger partial charge is 0.346 e. The lowest BCUT2D eigenvalue weighted by Gasteiger charge is -2.19. The molecule has 3 aromatic rings. The quantitative estimate of drug-likeness (QED) is 0.294. The number of halogens is 2. The Kier molecular flexibility index (Phi) is 17.3. The van der Waals surface area contributed by atoms with E-state index >= 15 is 0 Å². The van der Waals surface area contributed by atoms with Crippen LogP contribution in [-0.4, -0.2) is 37.6 Å². The Morgan fingerprint density at radius 2 is 1.68 bits per heavy atom. The van der Waals surface area contributed by atoms with Crippen molar-refractivity contribution in [2.24, 2.45) is 5.92 Å². The summed E-state index contributed by atoms with van der Waals surface area (Å²) in [7, 11) is -0.447. The van der Waals surface area contributed by atoms with Crippen molar-refractivity contribution in [1.82, 2.24) is 0 Å². The number of aromatic carboxylic acids is 1. The van der Waals surface area contributed by atoms with Gasteiger partial charge in [0.25, 0.3) is 0 Å². The number of thiophene rings is 1. The normalized spacial score (nSPS) is 13.6. The van der Waals surface area contributed by atoms with Gasteiger partial charge in [-0.15, -0.1) is 11.3 Å². The molecule has 1 aliphatic rings. The van der Waals surface area contributed by atoms with E-state index in [4.69, 9.17) is 26.0 Å². The topological polar surface area (TPSA) is 55.8 Å². The van der Waals surface area contributed by atoms with Crippen molar-refractivity contribution in [3.05, 3.63) is 75.9 Å². The van der Waals surface area contributed by atoms with E-state index in [2.05, 4.69) is 13.6 Å². The van der Waals surface area contributed by atoms with Gasteiger partial charge in [0.2, 0.25) is 0 Å². The number of carboxylic acids is 1. The summed E-state index contributed by atoms with van der Waals surface area (Å²) in [5.74, 6) is -0.255. The van der Waals surface area contributed by atoms with Crippen molar-refractivity contribution in [1.29, 1.82) is 0 Å². The van der Waals surface area contributed by atoms with Crippen LogP contribution >= 0.6 is 31.1 Å². The van der Waals surface area contributed by atoms with Crippen LogP contribution in [0.25, 0.3) is 10.4 Å². The minimum Gasteiger partial charge on any atom is -0.477 e. The van der Waals surface area contributed by atoms with Gasteiger partial charge in [0.15, 0.2) is 0 Å². The van der Waals surface area contributed by atoms with Crippen LogP contribution in [0, 0.1) is 18.7 Å². The molecule has 210 valence electrons. The summed E-state index contributed by atoms with van der Waals surface area (Å²) in [6.45, 7) is 14.9. The predicted molar refractivity (Wildman–Crippen MR) is 162 cm³/mol. The van der Waals surface area contributed by atoms with Crippen LogP contribution in [0.5, 0.6) is 0 Å². The minimum absolute atomic E-state index is 0.296. The number of hydrogen-bond donors (Lipinski definition) is 1. The summed E-state index contributed by atoms with van der Waals surface area (Å²) in [4.78, 5) is 12.0. The fraction of sp³-hybridized carbons (Fsp3) is 0.433. The summed E-state index contributed by atoms with van der Waals surface area (Å²) in [5.41, 5.74) is 1.57. The average molecular weight is 583 g/mol. The molecule has 0 bridgehead atoms. The molecule has 1 N–H and O–H groups in total. The number of ether oxygens (including phenoxy) is 1. The Balaban J connectivity index is 0.000000290. The Labute approximate surface area is 238 Å². The SMILES string of the molecule is CC.CCC1CCOCC1.CCOP(C)c1ccc(Cl)cc1.Cc1cc(-c2ccc(F)cc2)sc1C(=O)O. The molecule has 1 fully saturated rings. The van der Waals surface area contributed by atoms with Crippen molar-refractivity contribution in [3.8, 4) is 10.4 Å². The number of hydrogen-bond acceptors (Lipinski definition) is 4. The van der Waals surface area contributed by atoms with Gasteiger partial charge in [-0.1, -0.05) is 63.1 Å². The lowest BCUT2D eigenvalue weighted by Crippen LogP contribution is -2.14. The van der Waals surface area contributed by atoms with Gasteiger partial charge >= 0.3 is 5.97 Å². The molecule has 1 aliphatic heterocycles. The standard InChI is InChI=1S/C12H9FO2S.C9H12ClOP.C7H14O.C2H6/c1-7-6-10(16-11(7)12(14)15)8-2-4-9(13)5-3-8;1-3-11-12(2)9-6-4-8(10)5-7-9;1-2-7-3-5-8-6-4-7;1-2/h2-6H,1H3,(H,14,15);4-7H,3H2,1-2H3;7H,2-6H2,1H3;1-2H3. The largest absolute Gasteiger partial charge is 0.477 e. The molecule has 1 atom stereocenters. The molecule has 8 heteroatoms. The fourth-order valence-corrected chi connectivity index (χ4v) is 5.77. The number of carbonyl (C=O) groups is 1. The van der Waals surface area contributed by atoms with Crippen LogP contribution in [0.15, 0.2) is 54.6 Å². The van der Waals surface area contributed by atoms with Gasteiger partial charge in [0.1, 0.15) is 10.7 Å². The van der Waals surface area contributed by atoms with Gasteiger partial charge < -0.3 is 14.4 Å². The molecule has 4 nitrogen and oxygen atoms in total. The second-order valence-electron chi connectivity index (χ2n) is 8.29. The molecular formula is C30H41ClFO4PS. The zero-order valence-corrected chi connectivity index (χ0v) is 25.8. The third-order valence-electron chi connectivity index (χ3n) is 5.67. The minimum atomic E-state index is -0.920. The molecule has 1 aromatic heterocycles. The molecule has 0 spiro atoms. The van der Waals surface area contributed by atoms with E-state index in [1.165, 1.54) is 48.0 Å². The molecule has 0 aliphatic carbocycles. The zero-order chi connectivity index (χ0) is 28.5. The van der Waals surface area contributed by atoms with Gasteiger partial charge in [-0.2, -0.15) is 0 Å². The highest BCUT2D eigenvalue weighted by Gasteiger charge is 2.13. The Bertz CT molecular complexity index is 1050. The second kappa shape index (κ2) is 19.3. The molecule has 4 rings (SSSR count). The highest BCUT2D eigenvalue weighted by Crippen LogP contribution is 2.32. The maximum Gasteiger partial charge on any atom is 0.346 e.